The third kappa shape index (κ3) is 2.85. The second-order valence-electron chi connectivity index (χ2n) is 5.12. The minimum atomic E-state index is 0.0652. The molecule has 2 aromatic rings. The van der Waals surface area contributed by atoms with Crippen LogP contribution in [0.5, 0.6) is 0 Å². The smallest absolute Gasteiger partial charge is 0.0682 e. The van der Waals surface area contributed by atoms with Gasteiger partial charge in [0.25, 0.3) is 0 Å². The standard InChI is InChI=1S/C16H23N3O/c1-5-19-13(4)16(12(3)18-19)11(2)17-15-8-6-7-14(9-15)10-20/h6-9,11,17,20H,5,10H2,1-4H3. The summed E-state index contributed by atoms with van der Waals surface area (Å²) in [6.45, 7) is 9.36. The number of hydrogen-bond acceptors (Lipinski definition) is 3. The van der Waals surface area contributed by atoms with E-state index in [0.29, 0.717) is 0 Å². The van der Waals surface area contributed by atoms with E-state index in [2.05, 4.69) is 38.1 Å². The number of nitrogens with one attached hydrogen (secondary N) is 1. The number of benzene rings is 1. The number of aryl methyl sites for hydroxylation is 2. The second kappa shape index (κ2) is 6.09. The molecular weight excluding hydrogens is 250 g/mol. The van der Waals surface area contributed by atoms with Gasteiger partial charge in [-0.05, 0) is 45.4 Å². The van der Waals surface area contributed by atoms with Crippen molar-refractivity contribution in [3.63, 3.8) is 0 Å². The summed E-state index contributed by atoms with van der Waals surface area (Å²) in [5.41, 5.74) is 5.47. The summed E-state index contributed by atoms with van der Waals surface area (Å²) in [5.74, 6) is 0. The molecule has 1 unspecified atom stereocenters. The van der Waals surface area contributed by atoms with Gasteiger partial charge in [0, 0.05) is 23.5 Å². The van der Waals surface area contributed by atoms with Gasteiger partial charge in [0.15, 0.2) is 0 Å². The van der Waals surface area contributed by atoms with Crippen molar-refractivity contribution < 1.29 is 5.11 Å². The first-order valence-corrected chi connectivity index (χ1v) is 7.07. The maximum absolute atomic E-state index is 9.20. The Balaban J connectivity index is 2.23. The van der Waals surface area contributed by atoms with Gasteiger partial charge in [-0.25, -0.2) is 0 Å². The quantitative estimate of drug-likeness (QED) is 0.879. The summed E-state index contributed by atoms with van der Waals surface area (Å²) in [4.78, 5) is 0. The van der Waals surface area contributed by atoms with Crippen LogP contribution in [0.4, 0.5) is 5.69 Å². The number of rotatable bonds is 5. The monoisotopic (exact) mass is 273 g/mol. The number of aliphatic hydroxyl groups excluding tert-OH is 1. The Morgan fingerprint density at radius 3 is 2.70 bits per heavy atom. The summed E-state index contributed by atoms with van der Waals surface area (Å²) >= 11 is 0. The lowest BCUT2D eigenvalue weighted by Gasteiger charge is -2.17. The van der Waals surface area contributed by atoms with E-state index in [1.165, 1.54) is 11.3 Å². The Hall–Kier alpha value is -1.81. The molecule has 0 fully saturated rings. The molecule has 0 aliphatic rings. The van der Waals surface area contributed by atoms with Gasteiger partial charge < -0.3 is 10.4 Å². The Bertz CT molecular complexity index is 589. The predicted octanol–water partition coefficient (Wildman–Crippen LogP) is 3.19. The summed E-state index contributed by atoms with van der Waals surface area (Å²) < 4.78 is 2.03. The number of anilines is 1. The first-order valence-electron chi connectivity index (χ1n) is 7.07. The summed E-state index contributed by atoms with van der Waals surface area (Å²) in [5, 5.41) is 17.2. The molecule has 0 amide bonds. The van der Waals surface area contributed by atoms with E-state index in [9.17, 15) is 5.11 Å². The van der Waals surface area contributed by atoms with Crippen LogP contribution in [0, 0.1) is 13.8 Å². The van der Waals surface area contributed by atoms with Gasteiger partial charge in [-0.15, -0.1) is 0 Å². The Labute approximate surface area is 120 Å². The maximum Gasteiger partial charge on any atom is 0.0682 e. The molecule has 1 atom stereocenters. The Kier molecular flexibility index (Phi) is 4.45. The molecule has 4 nitrogen and oxygen atoms in total. The Morgan fingerprint density at radius 1 is 1.35 bits per heavy atom. The molecule has 0 spiro atoms. The van der Waals surface area contributed by atoms with Gasteiger partial charge in [-0.2, -0.15) is 5.10 Å². The summed E-state index contributed by atoms with van der Waals surface area (Å²) in [6.07, 6.45) is 0. The van der Waals surface area contributed by atoms with Crippen molar-refractivity contribution in [2.24, 2.45) is 0 Å². The van der Waals surface area contributed by atoms with Crippen molar-refractivity contribution in [3.8, 4) is 0 Å². The fourth-order valence-electron chi connectivity index (χ4n) is 2.73. The molecule has 0 bridgehead atoms. The fourth-order valence-corrected chi connectivity index (χ4v) is 2.73. The molecule has 0 aliphatic carbocycles. The molecule has 20 heavy (non-hydrogen) atoms. The van der Waals surface area contributed by atoms with Crippen LogP contribution in [-0.4, -0.2) is 14.9 Å². The van der Waals surface area contributed by atoms with Crippen LogP contribution in [0.3, 0.4) is 0 Å². The number of aliphatic hydroxyl groups is 1. The molecule has 1 heterocycles. The van der Waals surface area contributed by atoms with E-state index in [1.807, 2.05) is 28.9 Å². The van der Waals surface area contributed by atoms with Crippen LogP contribution in [0.1, 0.15) is 42.4 Å². The van der Waals surface area contributed by atoms with Gasteiger partial charge in [-0.3, -0.25) is 4.68 Å². The van der Waals surface area contributed by atoms with E-state index in [0.717, 1.165) is 23.5 Å². The molecule has 1 aromatic carbocycles. The molecular formula is C16H23N3O. The molecule has 0 saturated heterocycles. The van der Waals surface area contributed by atoms with Gasteiger partial charge in [0.1, 0.15) is 0 Å². The first-order chi connectivity index (χ1) is 9.56. The van der Waals surface area contributed by atoms with E-state index >= 15 is 0 Å². The third-order valence-corrected chi connectivity index (χ3v) is 3.66. The second-order valence-corrected chi connectivity index (χ2v) is 5.12. The van der Waals surface area contributed by atoms with Crippen LogP contribution in [0.25, 0.3) is 0 Å². The molecule has 2 rings (SSSR count). The van der Waals surface area contributed by atoms with Crippen molar-refractivity contribution in [2.45, 2.75) is 46.9 Å². The molecule has 1 aromatic heterocycles. The minimum absolute atomic E-state index is 0.0652. The molecule has 4 heteroatoms. The lowest BCUT2D eigenvalue weighted by atomic mass is 10.1. The highest BCUT2D eigenvalue weighted by atomic mass is 16.3. The predicted molar refractivity (Wildman–Crippen MR) is 81.8 cm³/mol. The van der Waals surface area contributed by atoms with Gasteiger partial charge in [0.05, 0.1) is 18.3 Å². The van der Waals surface area contributed by atoms with Crippen molar-refractivity contribution >= 4 is 5.69 Å². The SMILES string of the molecule is CCn1nc(C)c(C(C)Nc2cccc(CO)c2)c1C. The summed E-state index contributed by atoms with van der Waals surface area (Å²) in [7, 11) is 0. The van der Waals surface area contributed by atoms with E-state index < -0.39 is 0 Å². The average Bonchev–Trinajstić information content (AvgIpc) is 2.73. The average molecular weight is 273 g/mol. The zero-order valence-electron chi connectivity index (χ0n) is 12.6. The maximum atomic E-state index is 9.20. The zero-order chi connectivity index (χ0) is 14.7. The van der Waals surface area contributed by atoms with Crippen molar-refractivity contribution in [3.05, 3.63) is 46.8 Å². The van der Waals surface area contributed by atoms with E-state index in [-0.39, 0.29) is 12.6 Å². The van der Waals surface area contributed by atoms with Gasteiger partial charge in [0.2, 0.25) is 0 Å². The van der Waals surface area contributed by atoms with Crippen LogP contribution in [0.2, 0.25) is 0 Å². The van der Waals surface area contributed by atoms with Crippen LogP contribution >= 0.6 is 0 Å². The van der Waals surface area contributed by atoms with E-state index in [1.54, 1.807) is 0 Å². The third-order valence-electron chi connectivity index (χ3n) is 3.66. The number of aromatic nitrogens is 2. The normalized spacial score (nSPS) is 12.4. The zero-order valence-corrected chi connectivity index (χ0v) is 12.6. The molecule has 0 saturated carbocycles. The first kappa shape index (κ1) is 14.6. The number of nitrogens with zero attached hydrogens (tertiary/aromatic N) is 2. The van der Waals surface area contributed by atoms with Crippen molar-refractivity contribution in [1.29, 1.82) is 0 Å². The molecule has 108 valence electrons. The highest BCUT2D eigenvalue weighted by Crippen LogP contribution is 2.25. The van der Waals surface area contributed by atoms with Crippen molar-refractivity contribution in [2.75, 3.05) is 5.32 Å². The van der Waals surface area contributed by atoms with Crippen LogP contribution in [-0.2, 0) is 13.2 Å². The van der Waals surface area contributed by atoms with Crippen molar-refractivity contribution in [1.82, 2.24) is 9.78 Å². The van der Waals surface area contributed by atoms with Crippen LogP contribution in [0.15, 0.2) is 24.3 Å². The van der Waals surface area contributed by atoms with Gasteiger partial charge in [-0.1, -0.05) is 12.1 Å². The fraction of sp³-hybridized carbons (Fsp3) is 0.438. The molecule has 2 N–H and O–H groups in total. The lowest BCUT2D eigenvalue weighted by molar-refractivity contribution is 0.282. The molecule has 0 radical (unpaired) electrons. The minimum Gasteiger partial charge on any atom is -0.392 e. The topological polar surface area (TPSA) is 50.1 Å². The lowest BCUT2D eigenvalue weighted by Crippen LogP contribution is -2.09. The Morgan fingerprint density at radius 2 is 2.10 bits per heavy atom. The van der Waals surface area contributed by atoms with Gasteiger partial charge >= 0.3 is 0 Å². The largest absolute Gasteiger partial charge is 0.392 e. The number of hydrogen-bond donors (Lipinski definition) is 2. The van der Waals surface area contributed by atoms with Crippen LogP contribution < -0.4 is 5.32 Å². The van der Waals surface area contributed by atoms with E-state index in [4.69, 9.17) is 0 Å². The highest BCUT2D eigenvalue weighted by molar-refractivity contribution is 5.48. The highest BCUT2D eigenvalue weighted by Gasteiger charge is 2.16. The molecule has 0 aliphatic heterocycles. The summed E-state index contributed by atoms with van der Waals surface area (Å²) in [6, 6.07) is 8.05.